The van der Waals surface area contributed by atoms with Crippen molar-refractivity contribution < 1.29 is 19.1 Å². The van der Waals surface area contributed by atoms with Crippen LogP contribution in [0.3, 0.4) is 0 Å². The van der Waals surface area contributed by atoms with Crippen molar-refractivity contribution in [1.29, 1.82) is 0 Å². The molecule has 0 aliphatic carbocycles. The fourth-order valence-corrected chi connectivity index (χ4v) is 2.11. The number of hydrogen-bond acceptors (Lipinski definition) is 3. The summed E-state index contributed by atoms with van der Waals surface area (Å²) in [6, 6.07) is 7.14. The van der Waals surface area contributed by atoms with Crippen molar-refractivity contribution in [2.45, 2.75) is 0 Å². The number of benzene rings is 1. The second-order valence-corrected chi connectivity index (χ2v) is 4.82. The van der Waals surface area contributed by atoms with Crippen molar-refractivity contribution in [3.05, 3.63) is 58.0 Å². The van der Waals surface area contributed by atoms with E-state index in [1.807, 2.05) is 17.5 Å². The Morgan fingerprint density at radius 2 is 2.10 bits per heavy atom. The average Bonchev–Trinajstić information content (AvgIpc) is 2.89. The summed E-state index contributed by atoms with van der Waals surface area (Å²) >= 11 is 1.49. The number of halogens is 1. The molecule has 1 heterocycles. The number of carboxylic acids is 1. The standard InChI is InChI=1S/C14H10FNO3S/c15-12-8-9(3-5-11(12)14(18)19)16-13(17)6-4-10-2-1-7-20-10/h1-8H,(H,16,17)(H,18,19)/b6-4+. The minimum Gasteiger partial charge on any atom is -0.478 e. The van der Waals surface area contributed by atoms with Crippen LogP contribution in [0.15, 0.2) is 41.8 Å². The van der Waals surface area contributed by atoms with Gasteiger partial charge >= 0.3 is 5.97 Å². The maximum absolute atomic E-state index is 13.4. The fraction of sp³-hybridized carbons (Fsp3) is 0. The summed E-state index contributed by atoms with van der Waals surface area (Å²) in [7, 11) is 0. The highest BCUT2D eigenvalue weighted by Gasteiger charge is 2.10. The van der Waals surface area contributed by atoms with Crippen LogP contribution in [-0.4, -0.2) is 17.0 Å². The van der Waals surface area contributed by atoms with Crippen molar-refractivity contribution >= 4 is 35.0 Å². The number of amides is 1. The van der Waals surface area contributed by atoms with Gasteiger partial charge < -0.3 is 10.4 Å². The molecule has 1 aromatic carbocycles. The van der Waals surface area contributed by atoms with Gasteiger partial charge in [0.25, 0.3) is 0 Å². The zero-order chi connectivity index (χ0) is 14.5. The first-order valence-electron chi connectivity index (χ1n) is 5.61. The molecule has 20 heavy (non-hydrogen) atoms. The van der Waals surface area contributed by atoms with Crippen LogP contribution in [0.4, 0.5) is 10.1 Å². The van der Waals surface area contributed by atoms with Crippen molar-refractivity contribution in [2.24, 2.45) is 0 Å². The van der Waals surface area contributed by atoms with E-state index in [-0.39, 0.29) is 5.69 Å². The van der Waals surface area contributed by atoms with Crippen LogP contribution in [0.5, 0.6) is 0 Å². The number of anilines is 1. The third-order valence-corrected chi connectivity index (χ3v) is 3.25. The van der Waals surface area contributed by atoms with E-state index in [4.69, 9.17) is 5.11 Å². The predicted octanol–water partition coefficient (Wildman–Crippen LogP) is 3.24. The van der Waals surface area contributed by atoms with E-state index in [2.05, 4.69) is 5.32 Å². The number of rotatable bonds is 4. The lowest BCUT2D eigenvalue weighted by Crippen LogP contribution is -2.09. The SMILES string of the molecule is O=C(/C=C/c1cccs1)Nc1ccc(C(=O)O)c(F)c1. The number of carbonyl (C=O) groups is 2. The smallest absolute Gasteiger partial charge is 0.338 e. The topological polar surface area (TPSA) is 66.4 Å². The van der Waals surface area contributed by atoms with E-state index in [0.29, 0.717) is 0 Å². The summed E-state index contributed by atoms with van der Waals surface area (Å²) in [5.41, 5.74) is -0.231. The molecule has 102 valence electrons. The molecule has 4 nitrogen and oxygen atoms in total. The minimum atomic E-state index is -1.35. The summed E-state index contributed by atoms with van der Waals surface area (Å²) in [6.07, 6.45) is 2.97. The molecule has 0 fully saturated rings. The molecule has 1 amide bonds. The van der Waals surface area contributed by atoms with Gasteiger partial charge in [-0.3, -0.25) is 4.79 Å². The molecule has 0 spiro atoms. The Balaban J connectivity index is 2.05. The molecule has 0 bridgehead atoms. The second-order valence-electron chi connectivity index (χ2n) is 3.84. The van der Waals surface area contributed by atoms with E-state index >= 15 is 0 Å². The van der Waals surface area contributed by atoms with Crippen LogP contribution < -0.4 is 5.32 Å². The Morgan fingerprint density at radius 3 is 2.70 bits per heavy atom. The summed E-state index contributed by atoms with van der Waals surface area (Å²) < 4.78 is 13.4. The Hall–Kier alpha value is -2.47. The number of carboxylic acid groups (broad SMARTS) is 1. The molecule has 6 heteroatoms. The summed E-state index contributed by atoms with van der Waals surface area (Å²) in [4.78, 5) is 23.2. The molecule has 1 aromatic heterocycles. The number of thiophene rings is 1. The highest BCUT2D eigenvalue weighted by atomic mass is 32.1. The molecule has 2 aromatic rings. The highest BCUT2D eigenvalue weighted by molar-refractivity contribution is 7.10. The molecule has 0 aliphatic heterocycles. The van der Waals surface area contributed by atoms with E-state index in [9.17, 15) is 14.0 Å². The number of nitrogens with one attached hydrogen (secondary N) is 1. The van der Waals surface area contributed by atoms with Crippen molar-refractivity contribution in [3.63, 3.8) is 0 Å². The monoisotopic (exact) mass is 291 g/mol. The van der Waals surface area contributed by atoms with Crippen LogP contribution in [0.1, 0.15) is 15.2 Å². The maximum Gasteiger partial charge on any atom is 0.338 e. The highest BCUT2D eigenvalue weighted by Crippen LogP contribution is 2.15. The zero-order valence-electron chi connectivity index (χ0n) is 10.2. The van der Waals surface area contributed by atoms with Crippen LogP contribution in [0.25, 0.3) is 6.08 Å². The van der Waals surface area contributed by atoms with Crippen molar-refractivity contribution in [1.82, 2.24) is 0 Å². The van der Waals surface area contributed by atoms with E-state index < -0.39 is 23.3 Å². The Labute approximate surface area is 118 Å². The first-order chi connectivity index (χ1) is 9.56. The Bertz CT molecular complexity index is 665. The van der Waals surface area contributed by atoms with Crippen LogP contribution >= 0.6 is 11.3 Å². The van der Waals surface area contributed by atoms with Gasteiger partial charge in [-0.15, -0.1) is 11.3 Å². The molecular weight excluding hydrogens is 281 g/mol. The zero-order valence-corrected chi connectivity index (χ0v) is 11.0. The van der Waals surface area contributed by atoms with E-state index in [1.54, 1.807) is 6.08 Å². The first kappa shape index (κ1) is 14.0. The first-order valence-corrected chi connectivity index (χ1v) is 6.49. The van der Waals surface area contributed by atoms with Crippen molar-refractivity contribution in [2.75, 3.05) is 5.32 Å². The third kappa shape index (κ3) is 3.52. The molecular formula is C14H10FNO3S. The Kier molecular flexibility index (Phi) is 4.27. The molecule has 0 atom stereocenters. The molecule has 0 unspecified atom stereocenters. The molecule has 0 aliphatic rings. The Morgan fingerprint density at radius 1 is 1.30 bits per heavy atom. The van der Waals surface area contributed by atoms with Crippen molar-refractivity contribution in [3.8, 4) is 0 Å². The van der Waals surface area contributed by atoms with Crippen LogP contribution in [0, 0.1) is 5.82 Å². The van der Waals surface area contributed by atoms with Gasteiger partial charge in [0.2, 0.25) is 5.91 Å². The second kappa shape index (κ2) is 6.12. The van der Waals surface area contributed by atoms with Gasteiger partial charge in [-0.1, -0.05) is 6.07 Å². The van der Waals surface area contributed by atoms with E-state index in [1.165, 1.54) is 23.5 Å². The lowest BCUT2D eigenvalue weighted by atomic mass is 10.2. The third-order valence-electron chi connectivity index (χ3n) is 2.41. The van der Waals surface area contributed by atoms with Gasteiger partial charge in [0.05, 0.1) is 5.56 Å². The largest absolute Gasteiger partial charge is 0.478 e. The van der Waals surface area contributed by atoms with Crippen LogP contribution in [0.2, 0.25) is 0 Å². The number of hydrogen-bond donors (Lipinski definition) is 2. The molecule has 0 saturated carbocycles. The van der Waals surface area contributed by atoms with Gasteiger partial charge in [-0.25, -0.2) is 9.18 Å². The van der Waals surface area contributed by atoms with Gasteiger partial charge in [0.1, 0.15) is 5.82 Å². The fourth-order valence-electron chi connectivity index (χ4n) is 1.49. The van der Waals surface area contributed by atoms with Gasteiger partial charge in [-0.05, 0) is 35.7 Å². The maximum atomic E-state index is 13.4. The summed E-state index contributed by atoms with van der Waals surface area (Å²) in [5.74, 6) is -2.66. The lowest BCUT2D eigenvalue weighted by molar-refractivity contribution is -0.111. The number of carbonyl (C=O) groups excluding carboxylic acids is 1. The molecule has 0 radical (unpaired) electrons. The van der Waals surface area contributed by atoms with Crippen LogP contribution in [-0.2, 0) is 4.79 Å². The number of aromatic carboxylic acids is 1. The molecule has 0 saturated heterocycles. The quantitative estimate of drug-likeness (QED) is 0.850. The summed E-state index contributed by atoms with van der Waals surface area (Å²) in [5, 5.41) is 13.0. The molecule has 2 N–H and O–H groups in total. The lowest BCUT2D eigenvalue weighted by Gasteiger charge is -2.03. The predicted molar refractivity (Wildman–Crippen MR) is 75.3 cm³/mol. The van der Waals surface area contributed by atoms with E-state index in [0.717, 1.165) is 17.0 Å². The average molecular weight is 291 g/mol. The van der Waals surface area contributed by atoms with Gasteiger partial charge in [-0.2, -0.15) is 0 Å². The summed E-state index contributed by atoms with van der Waals surface area (Å²) in [6.45, 7) is 0. The van der Waals surface area contributed by atoms with Gasteiger partial charge in [0.15, 0.2) is 0 Å². The minimum absolute atomic E-state index is 0.202. The molecule has 2 rings (SSSR count). The van der Waals surface area contributed by atoms with Gasteiger partial charge in [0, 0.05) is 16.6 Å². The normalized spacial score (nSPS) is 10.7.